The van der Waals surface area contributed by atoms with Crippen molar-refractivity contribution in [1.29, 1.82) is 0 Å². The smallest absolute Gasteiger partial charge is 0.0640 e. The second-order valence-electron chi connectivity index (χ2n) is 12.2. The maximum absolute atomic E-state index is 2.47. The molecule has 4 heteroatoms. The van der Waals surface area contributed by atoms with Crippen molar-refractivity contribution in [2.45, 2.75) is 0 Å². The van der Waals surface area contributed by atoms with E-state index in [0.29, 0.717) is 0 Å². The molecule has 0 N–H and O–H groups in total. The molecule has 0 saturated carbocycles. The highest BCUT2D eigenvalue weighted by molar-refractivity contribution is 7.26. The summed E-state index contributed by atoms with van der Waals surface area (Å²) in [5, 5.41) is 7.80. The van der Waals surface area contributed by atoms with Crippen molar-refractivity contribution < 1.29 is 0 Å². The first-order valence-electron chi connectivity index (χ1n) is 15.7. The van der Waals surface area contributed by atoms with Crippen molar-refractivity contribution in [3.8, 4) is 17.1 Å². The third-order valence-electron chi connectivity index (χ3n) is 9.81. The van der Waals surface area contributed by atoms with Gasteiger partial charge < -0.3 is 13.7 Å². The molecule has 0 bridgehead atoms. The van der Waals surface area contributed by atoms with Gasteiger partial charge in [0.15, 0.2) is 0 Å². The van der Waals surface area contributed by atoms with Gasteiger partial charge in [0, 0.05) is 48.4 Å². The lowest BCUT2D eigenvalue weighted by atomic mass is 10.1. The summed E-state index contributed by atoms with van der Waals surface area (Å²) >= 11 is 1.88. The van der Waals surface area contributed by atoms with Crippen LogP contribution in [0.25, 0.3) is 91.9 Å². The van der Waals surface area contributed by atoms with E-state index in [1.807, 2.05) is 11.3 Å². The van der Waals surface area contributed by atoms with Crippen LogP contribution in [0.5, 0.6) is 0 Å². The first-order valence-corrected chi connectivity index (χ1v) is 16.5. The number of hydrogen-bond acceptors (Lipinski definition) is 1. The van der Waals surface area contributed by atoms with Crippen LogP contribution in [0, 0.1) is 0 Å². The quantitative estimate of drug-likeness (QED) is 0.191. The minimum atomic E-state index is 1.18. The molecule has 46 heavy (non-hydrogen) atoms. The summed E-state index contributed by atoms with van der Waals surface area (Å²) < 4.78 is 9.97. The lowest BCUT2D eigenvalue weighted by Gasteiger charge is -2.13. The van der Waals surface area contributed by atoms with Crippen LogP contribution in [0.3, 0.4) is 0 Å². The SMILES string of the molecule is c1ccc(-n2c3cccc4c3c3c2cccc3n4-c2ccc3c(c2)c2ccccc2n3-c2cccc3c2sc2ccccc23)cc1. The van der Waals surface area contributed by atoms with Gasteiger partial charge in [-0.3, -0.25) is 0 Å². The lowest BCUT2D eigenvalue weighted by molar-refractivity contribution is 1.16. The molecule has 0 aliphatic heterocycles. The number of rotatable bonds is 3. The van der Waals surface area contributed by atoms with E-state index in [0.717, 1.165) is 0 Å². The van der Waals surface area contributed by atoms with E-state index in [-0.39, 0.29) is 0 Å². The molecule has 3 nitrogen and oxygen atoms in total. The van der Waals surface area contributed by atoms with Crippen LogP contribution in [0.4, 0.5) is 0 Å². The molecule has 214 valence electrons. The zero-order chi connectivity index (χ0) is 29.9. The molecule has 4 heterocycles. The number of nitrogens with zero attached hydrogens (tertiary/aromatic N) is 3. The third kappa shape index (κ3) is 3.06. The highest BCUT2D eigenvalue weighted by Crippen LogP contribution is 2.44. The van der Waals surface area contributed by atoms with Crippen LogP contribution in [-0.2, 0) is 0 Å². The van der Waals surface area contributed by atoms with Gasteiger partial charge in [0.05, 0.1) is 43.5 Å². The molecule has 0 unspecified atom stereocenters. The van der Waals surface area contributed by atoms with Crippen molar-refractivity contribution in [3.63, 3.8) is 0 Å². The molecule has 4 aromatic heterocycles. The molecule has 11 rings (SSSR count). The number of thiophene rings is 1. The Morgan fingerprint density at radius 3 is 1.67 bits per heavy atom. The molecule has 0 aliphatic carbocycles. The molecule has 0 spiro atoms. The standard InChI is InChI=1S/C42H25N3S/c1-2-11-26(12-3-1)43-34-17-9-19-36-40(34)41-35(43)18-10-20-37(41)44(36)27-23-24-33-31(25-27)28-13-4-6-16-32(28)45(33)38-21-8-15-30-29-14-5-7-22-39(29)46-42(30)38/h1-25H. The average molecular weight is 604 g/mol. The third-order valence-corrected chi connectivity index (χ3v) is 11.0. The van der Waals surface area contributed by atoms with Gasteiger partial charge in [-0.15, -0.1) is 11.3 Å². The average Bonchev–Trinajstić information content (AvgIpc) is 3.85. The molecule has 0 aliphatic rings. The summed E-state index contributed by atoms with van der Waals surface area (Å²) in [6.07, 6.45) is 0. The summed E-state index contributed by atoms with van der Waals surface area (Å²) in [6.45, 7) is 0. The molecule has 0 atom stereocenters. The Morgan fingerprint density at radius 1 is 0.348 bits per heavy atom. The predicted octanol–water partition coefficient (Wildman–Crippen LogP) is 11.6. The van der Waals surface area contributed by atoms with E-state index < -0.39 is 0 Å². The number of hydrogen-bond donors (Lipinski definition) is 0. The van der Waals surface area contributed by atoms with Crippen molar-refractivity contribution in [2.24, 2.45) is 0 Å². The first kappa shape index (κ1) is 24.5. The normalized spacial score (nSPS) is 12.3. The van der Waals surface area contributed by atoms with Crippen LogP contribution in [0.1, 0.15) is 0 Å². The number of benzene rings is 7. The molecule has 0 saturated heterocycles. The van der Waals surface area contributed by atoms with Gasteiger partial charge in [-0.05, 0) is 72.8 Å². The van der Waals surface area contributed by atoms with Crippen LogP contribution in [-0.4, -0.2) is 13.7 Å². The van der Waals surface area contributed by atoms with Crippen molar-refractivity contribution in [1.82, 2.24) is 13.7 Å². The summed E-state index contributed by atoms with van der Waals surface area (Å²) in [7, 11) is 0. The molecular formula is C42H25N3S. The van der Waals surface area contributed by atoms with Crippen molar-refractivity contribution in [3.05, 3.63) is 152 Å². The molecular weight excluding hydrogens is 579 g/mol. The number of fused-ring (bicyclic) bond motifs is 6. The van der Waals surface area contributed by atoms with Gasteiger partial charge in [0.2, 0.25) is 0 Å². The van der Waals surface area contributed by atoms with E-state index in [1.165, 1.54) is 91.9 Å². The Kier molecular flexibility index (Phi) is 4.72. The highest BCUT2D eigenvalue weighted by atomic mass is 32.1. The van der Waals surface area contributed by atoms with Gasteiger partial charge in [-0.2, -0.15) is 0 Å². The molecule has 11 aromatic rings. The summed E-state index contributed by atoms with van der Waals surface area (Å²) in [6, 6.07) is 55.5. The maximum atomic E-state index is 2.47. The molecule has 0 radical (unpaired) electrons. The van der Waals surface area contributed by atoms with Crippen molar-refractivity contribution in [2.75, 3.05) is 0 Å². The lowest BCUT2D eigenvalue weighted by Crippen LogP contribution is -1.98. The Hall–Kier alpha value is -5.84. The van der Waals surface area contributed by atoms with Gasteiger partial charge in [0.1, 0.15) is 0 Å². The van der Waals surface area contributed by atoms with Crippen LogP contribution in [0.2, 0.25) is 0 Å². The molecule has 0 fully saturated rings. The Morgan fingerprint density at radius 2 is 0.913 bits per heavy atom. The van der Waals surface area contributed by atoms with Gasteiger partial charge in [0.25, 0.3) is 0 Å². The Balaban J connectivity index is 1.20. The van der Waals surface area contributed by atoms with Gasteiger partial charge in [-0.25, -0.2) is 0 Å². The topological polar surface area (TPSA) is 14.8 Å². The first-order chi connectivity index (χ1) is 22.8. The largest absolute Gasteiger partial charge is 0.309 e. The summed E-state index contributed by atoms with van der Waals surface area (Å²) in [4.78, 5) is 0. The fraction of sp³-hybridized carbons (Fsp3) is 0. The monoisotopic (exact) mass is 603 g/mol. The van der Waals surface area contributed by atoms with E-state index in [2.05, 4.69) is 165 Å². The Bertz CT molecular complexity index is 2900. The number of para-hydroxylation sites is 2. The van der Waals surface area contributed by atoms with E-state index >= 15 is 0 Å². The van der Waals surface area contributed by atoms with E-state index in [1.54, 1.807) is 0 Å². The zero-order valence-corrected chi connectivity index (χ0v) is 25.5. The second-order valence-corrected chi connectivity index (χ2v) is 13.2. The fourth-order valence-corrected chi connectivity index (χ4v) is 9.18. The highest BCUT2D eigenvalue weighted by Gasteiger charge is 2.23. The fourth-order valence-electron chi connectivity index (χ4n) is 7.98. The van der Waals surface area contributed by atoms with Gasteiger partial charge in [-0.1, -0.05) is 78.9 Å². The van der Waals surface area contributed by atoms with Gasteiger partial charge >= 0.3 is 0 Å². The number of aromatic nitrogens is 3. The van der Waals surface area contributed by atoms with Crippen LogP contribution >= 0.6 is 11.3 Å². The zero-order valence-electron chi connectivity index (χ0n) is 24.7. The van der Waals surface area contributed by atoms with Crippen LogP contribution in [0.15, 0.2) is 152 Å². The van der Waals surface area contributed by atoms with E-state index in [4.69, 9.17) is 0 Å². The van der Waals surface area contributed by atoms with Crippen molar-refractivity contribution >= 4 is 86.2 Å². The minimum Gasteiger partial charge on any atom is -0.309 e. The van der Waals surface area contributed by atoms with E-state index in [9.17, 15) is 0 Å². The minimum absolute atomic E-state index is 1.18. The Labute approximate surface area is 267 Å². The van der Waals surface area contributed by atoms with Crippen LogP contribution < -0.4 is 0 Å². The maximum Gasteiger partial charge on any atom is 0.0640 e. The second kappa shape index (κ2) is 8.87. The summed E-state index contributed by atoms with van der Waals surface area (Å²) in [5.41, 5.74) is 11.0. The molecule has 7 aromatic carbocycles. The molecule has 0 amide bonds. The predicted molar refractivity (Wildman–Crippen MR) is 196 cm³/mol. The summed E-state index contributed by atoms with van der Waals surface area (Å²) in [5.74, 6) is 0.